The number of hydrogen-bond acceptors (Lipinski definition) is 3. The SMILES string of the molecule is CCN1CCCC(CO)(C2(O)CCCCC2)C1. The first-order valence-corrected chi connectivity index (χ1v) is 7.21. The number of hydrogen-bond donors (Lipinski definition) is 2. The maximum atomic E-state index is 11.0. The molecule has 100 valence electrons. The van der Waals surface area contributed by atoms with Gasteiger partial charge in [0.15, 0.2) is 0 Å². The molecule has 0 spiro atoms. The predicted octanol–water partition coefficient (Wildman–Crippen LogP) is 1.78. The number of aliphatic hydroxyl groups is 2. The van der Waals surface area contributed by atoms with Crippen LogP contribution in [0.15, 0.2) is 0 Å². The second-order valence-electron chi connectivity index (χ2n) is 6.00. The summed E-state index contributed by atoms with van der Waals surface area (Å²) in [6.45, 7) is 5.32. The van der Waals surface area contributed by atoms with Gasteiger partial charge in [0.2, 0.25) is 0 Å². The average Bonchev–Trinajstić information content (AvgIpc) is 2.39. The molecule has 3 nitrogen and oxygen atoms in total. The van der Waals surface area contributed by atoms with E-state index in [0.29, 0.717) is 0 Å². The molecule has 2 rings (SSSR count). The highest BCUT2D eigenvalue weighted by Gasteiger charge is 2.51. The third kappa shape index (κ3) is 2.38. The van der Waals surface area contributed by atoms with Crippen molar-refractivity contribution >= 4 is 0 Å². The Labute approximate surface area is 105 Å². The summed E-state index contributed by atoms with van der Waals surface area (Å²) < 4.78 is 0. The lowest BCUT2D eigenvalue weighted by Crippen LogP contribution is -2.59. The predicted molar refractivity (Wildman–Crippen MR) is 68.9 cm³/mol. The summed E-state index contributed by atoms with van der Waals surface area (Å²) in [5.74, 6) is 0. The summed E-state index contributed by atoms with van der Waals surface area (Å²) in [5.41, 5.74) is -0.879. The van der Waals surface area contributed by atoms with Crippen LogP contribution in [0.5, 0.6) is 0 Å². The van der Waals surface area contributed by atoms with Crippen molar-refractivity contribution in [3.05, 3.63) is 0 Å². The van der Waals surface area contributed by atoms with Crippen LogP contribution in [-0.4, -0.2) is 47.0 Å². The van der Waals surface area contributed by atoms with Gasteiger partial charge in [-0.05, 0) is 38.8 Å². The lowest BCUT2D eigenvalue weighted by molar-refractivity contribution is -0.156. The highest BCUT2D eigenvalue weighted by Crippen LogP contribution is 2.47. The van der Waals surface area contributed by atoms with Crippen molar-refractivity contribution in [2.45, 2.75) is 57.5 Å². The first-order chi connectivity index (χ1) is 8.16. The van der Waals surface area contributed by atoms with Crippen molar-refractivity contribution in [1.82, 2.24) is 4.90 Å². The van der Waals surface area contributed by atoms with Gasteiger partial charge in [-0.1, -0.05) is 26.2 Å². The van der Waals surface area contributed by atoms with Gasteiger partial charge >= 0.3 is 0 Å². The van der Waals surface area contributed by atoms with Crippen LogP contribution in [0, 0.1) is 5.41 Å². The van der Waals surface area contributed by atoms with Crippen LogP contribution in [0.2, 0.25) is 0 Å². The second kappa shape index (κ2) is 5.25. The molecule has 1 heterocycles. The Bertz CT molecular complexity index is 251. The Kier molecular flexibility index (Phi) is 4.11. The molecule has 0 bridgehead atoms. The molecule has 0 aromatic rings. The molecule has 0 amide bonds. The molecule has 1 saturated heterocycles. The molecule has 2 aliphatic rings. The van der Waals surface area contributed by atoms with Gasteiger partial charge < -0.3 is 15.1 Å². The van der Waals surface area contributed by atoms with Crippen molar-refractivity contribution in [1.29, 1.82) is 0 Å². The number of likely N-dealkylation sites (tertiary alicyclic amines) is 1. The fourth-order valence-electron chi connectivity index (χ4n) is 3.82. The minimum Gasteiger partial charge on any atom is -0.396 e. The Hall–Kier alpha value is -0.120. The molecule has 1 saturated carbocycles. The summed E-state index contributed by atoms with van der Waals surface area (Å²) in [5, 5.41) is 20.9. The van der Waals surface area contributed by atoms with E-state index in [2.05, 4.69) is 11.8 Å². The fourth-order valence-corrected chi connectivity index (χ4v) is 3.82. The zero-order valence-corrected chi connectivity index (χ0v) is 11.1. The molecule has 0 aromatic carbocycles. The van der Waals surface area contributed by atoms with Crippen molar-refractivity contribution in [2.24, 2.45) is 5.41 Å². The minimum absolute atomic E-state index is 0.139. The van der Waals surface area contributed by atoms with E-state index in [4.69, 9.17) is 0 Å². The summed E-state index contributed by atoms with van der Waals surface area (Å²) in [6.07, 6.45) is 7.32. The molecule has 1 atom stereocenters. The maximum absolute atomic E-state index is 11.0. The van der Waals surface area contributed by atoms with Gasteiger partial charge in [0.1, 0.15) is 0 Å². The van der Waals surface area contributed by atoms with E-state index in [9.17, 15) is 10.2 Å². The van der Waals surface area contributed by atoms with Crippen LogP contribution < -0.4 is 0 Å². The van der Waals surface area contributed by atoms with Crippen molar-refractivity contribution in [3.63, 3.8) is 0 Å². The zero-order valence-electron chi connectivity index (χ0n) is 11.1. The van der Waals surface area contributed by atoms with Crippen LogP contribution in [-0.2, 0) is 0 Å². The number of piperidine rings is 1. The van der Waals surface area contributed by atoms with Gasteiger partial charge in [-0.2, -0.15) is 0 Å². The largest absolute Gasteiger partial charge is 0.396 e. The van der Waals surface area contributed by atoms with Crippen LogP contribution in [0.1, 0.15) is 51.9 Å². The Balaban J connectivity index is 2.16. The first kappa shape index (κ1) is 13.3. The minimum atomic E-state index is -0.617. The summed E-state index contributed by atoms with van der Waals surface area (Å²) in [7, 11) is 0. The van der Waals surface area contributed by atoms with Crippen molar-refractivity contribution in [3.8, 4) is 0 Å². The average molecular weight is 241 g/mol. The maximum Gasteiger partial charge on any atom is 0.0738 e. The molecule has 2 fully saturated rings. The Morgan fingerprint density at radius 1 is 1.06 bits per heavy atom. The Morgan fingerprint density at radius 2 is 1.76 bits per heavy atom. The summed E-state index contributed by atoms with van der Waals surface area (Å²) in [6, 6.07) is 0. The standard InChI is InChI=1S/C14H27NO2/c1-2-15-10-6-7-13(11-15,12-16)14(17)8-4-3-5-9-14/h16-17H,2-12H2,1H3. The van der Waals surface area contributed by atoms with E-state index in [1.165, 1.54) is 6.42 Å². The molecule has 1 aliphatic carbocycles. The number of aliphatic hydroxyl groups excluding tert-OH is 1. The molecular formula is C14H27NO2. The lowest BCUT2D eigenvalue weighted by atomic mass is 9.62. The van der Waals surface area contributed by atoms with Gasteiger partial charge in [0.05, 0.1) is 12.2 Å². The Morgan fingerprint density at radius 3 is 2.35 bits per heavy atom. The van der Waals surface area contributed by atoms with Gasteiger partial charge in [0, 0.05) is 12.0 Å². The molecule has 3 heteroatoms. The highest BCUT2D eigenvalue weighted by molar-refractivity contribution is 5.03. The molecule has 0 aromatic heterocycles. The zero-order chi connectivity index (χ0) is 12.4. The third-order valence-corrected chi connectivity index (χ3v) is 5.07. The highest BCUT2D eigenvalue weighted by atomic mass is 16.3. The molecular weight excluding hydrogens is 214 g/mol. The smallest absolute Gasteiger partial charge is 0.0738 e. The van der Waals surface area contributed by atoms with Crippen molar-refractivity contribution in [2.75, 3.05) is 26.2 Å². The van der Waals surface area contributed by atoms with E-state index < -0.39 is 5.60 Å². The van der Waals surface area contributed by atoms with E-state index in [0.717, 1.165) is 58.2 Å². The monoisotopic (exact) mass is 241 g/mol. The lowest BCUT2D eigenvalue weighted by Gasteiger charge is -2.53. The molecule has 1 aliphatic heterocycles. The van der Waals surface area contributed by atoms with E-state index >= 15 is 0 Å². The van der Waals surface area contributed by atoms with Crippen LogP contribution >= 0.6 is 0 Å². The van der Waals surface area contributed by atoms with Crippen LogP contribution in [0.3, 0.4) is 0 Å². The summed E-state index contributed by atoms with van der Waals surface area (Å²) in [4.78, 5) is 2.38. The van der Waals surface area contributed by atoms with E-state index in [1.807, 2.05) is 0 Å². The topological polar surface area (TPSA) is 43.7 Å². The molecule has 0 radical (unpaired) electrons. The van der Waals surface area contributed by atoms with Crippen LogP contribution in [0.4, 0.5) is 0 Å². The van der Waals surface area contributed by atoms with Gasteiger partial charge in [-0.25, -0.2) is 0 Å². The first-order valence-electron chi connectivity index (χ1n) is 7.21. The second-order valence-corrected chi connectivity index (χ2v) is 6.00. The van der Waals surface area contributed by atoms with Gasteiger partial charge in [0.25, 0.3) is 0 Å². The van der Waals surface area contributed by atoms with Crippen molar-refractivity contribution < 1.29 is 10.2 Å². The van der Waals surface area contributed by atoms with Gasteiger partial charge in [-0.15, -0.1) is 0 Å². The van der Waals surface area contributed by atoms with E-state index in [-0.39, 0.29) is 12.0 Å². The quantitative estimate of drug-likeness (QED) is 0.791. The number of nitrogens with zero attached hydrogens (tertiary/aromatic N) is 1. The van der Waals surface area contributed by atoms with Gasteiger partial charge in [-0.3, -0.25) is 0 Å². The molecule has 2 N–H and O–H groups in total. The summed E-state index contributed by atoms with van der Waals surface area (Å²) >= 11 is 0. The normalized spacial score (nSPS) is 34.8. The number of rotatable bonds is 3. The van der Waals surface area contributed by atoms with Crippen LogP contribution in [0.25, 0.3) is 0 Å². The molecule has 17 heavy (non-hydrogen) atoms. The van der Waals surface area contributed by atoms with E-state index in [1.54, 1.807) is 0 Å². The fraction of sp³-hybridized carbons (Fsp3) is 1.00. The molecule has 1 unspecified atom stereocenters. The third-order valence-electron chi connectivity index (χ3n) is 5.07.